The van der Waals surface area contributed by atoms with Gasteiger partial charge in [-0.2, -0.15) is 5.26 Å². The number of para-hydroxylation sites is 2. The van der Waals surface area contributed by atoms with Gasteiger partial charge in [0, 0.05) is 11.4 Å². The Balaban J connectivity index is 1.99. The van der Waals surface area contributed by atoms with Crippen molar-refractivity contribution in [2.75, 3.05) is 10.6 Å². The lowest BCUT2D eigenvalue weighted by atomic mass is 10.0. The molecule has 0 unspecified atom stereocenters. The van der Waals surface area contributed by atoms with Gasteiger partial charge < -0.3 is 10.6 Å². The predicted molar refractivity (Wildman–Crippen MR) is 109 cm³/mol. The summed E-state index contributed by atoms with van der Waals surface area (Å²) in [5.74, 6) is -1.78. The predicted octanol–water partition coefficient (Wildman–Crippen LogP) is 4.24. The van der Waals surface area contributed by atoms with Crippen LogP contribution >= 0.6 is 0 Å². The largest absolute Gasteiger partial charge is 0.354 e. The molecule has 0 bridgehead atoms. The van der Waals surface area contributed by atoms with Crippen molar-refractivity contribution in [1.29, 1.82) is 5.26 Å². The molecule has 0 saturated heterocycles. The van der Waals surface area contributed by atoms with Crippen LogP contribution in [0.3, 0.4) is 0 Å². The fourth-order valence-corrected chi connectivity index (χ4v) is 2.59. The van der Waals surface area contributed by atoms with Crippen LogP contribution in [-0.2, 0) is 9.59 Å². The molecule has 1 amide bonds. The monoisotopic (exact) mass is 367 g/mol. The van der Waals surface area contributed by atoms with Crippen molar-refractivity contribution < 1.29 is 9.59 Å². The van der Waals surface area contributed by atoms with Gasteiger partial charge in [0.1, 0.15) is 11.6 Å². The van der Waals surface area contributed by atoms with Gasteiger partial charge in [-0.25, -0.2) is 0 Å². The Labute approximate surface area is 162 Å². The molecular formula is C23H17N3O2. The first-order valence-corrected chi connectivity index (χ1v) is 8.61. The number of ketones is 1. The molecule has 3 aromatic rings. The Morgan fingerprint density at radius 3 is 1.64 bits per heavy atom. The molecule has 0 fully saturated rings. The molecular weight excluding hydrogens is 350 g/mol. The van der Waals surface area contributed by atoms with Gasteiger partial charge in [-0.1, -0.05) is 66.7 Å². The Morgan fingerprint density at radius 2 is 1.14 bits per heavy atom. The molecule has 0 aliphatic carbocycles. The number of carbonyl (C=O) groups excluding carboxylic acids is 2. The maximum absolute atomic E-state index is 12.8. The van der Waals surface area contributed by atoms with E-state index in [9.17, 15) is 14.9 Å². The zero-order valence-corrected chi connectivity index (χ0v) is 14.9. The maximum atomic E-state index is 12.8. The van der Waals surface area contributed by atoms with E-state index in [1.165, 1.54) is 0 Å². The van der Waals surface area contributed by atoms with Gasteiger partial charge in [0.05, 0.1) is 5.70 Å². The Kier molecular flexibility index (Phi) is 5.96. The molecule has 0 aliphatic rings. The van der Waals surface area contributed by atoms with E-state index in [2.05, 4.69) is 10.6 Å². The van der Waals surface area contributed by atoms with Crippen molar-refractivity contribution in [2.24, 2.45) is 0 Å². The average molecular weight is 367 g/mol. The molecule has 0 aliphatic heterocycles. The van der Waals surface area contributed by atoms with Gasteiger partial charge in [-0.05, 0) is 29.8 Å². The van der Waals surface area contributed by atoms with Gasteiger partial charge in [0.15, 0.2) is 0 Å². The summed E-state index contributed by atoms with van der Waals surface area (Å²) in [6, 6.07) is 28.6. The first-order valence-electron chi connectivity index (χ1n) is 8.61. The normalized spacial score (nSPS) is 11.0. The van der Waals surface area contributed by atoms with Crippen LogP contribution in [0.4, 0.5) is 11.4 Å². The van der Waals surface area contributed by atoms with Gasteiger partial charge in [0.25, 0.3) is 11.7 Å². The smallest absolute Gasteiger partial charge is 0.297 e. The number of hydrogen-bond acceptors (Lipinski definition) is 4. The number of Topliss-reactive ketones (excluding diaryl/α,β-unsaturated/α-hetero) is 1. The first-order chi connectivity index (χ1) is 13.7. The minimum Gasteiger partial charge on any atom is -0.354 e. The molecule has 5 heteroatoms. The van der Waals surface area contributed by atoms with Crippen LogP contribution in [0.2, 0.25) is 0 Å². The molecule has 5 nitrogen and oxygen atoms in total. The average Bonchev–Trinajstić information content (AvgIpc) is 2.75. The molecule has 3 rings (SSSR count). The van der Waals surface area contributed by atoms with Crippen LogP contribution in [0.25, 0.3) is 5.70 Å². The standard InChI is InChI=1S/C23H17N3O2/c24-16-20(22(27)23(28)26-19-14-8-3-9-15-19)21(17-10-4-1-5-11-17)25-18-12-6-2-7-13-18/h1-15,25H,(H,26,28)/b21-20+. The Morgan fingerprint density at radius 1 is 0.679 bits per heavy atom. The highest BCUT2D eigenvalue weighted by Gasteiger charge is 2.24. The number of rotatable bonds is 6. The number of nitrogens with one attached hydrogen (secondary N) is 2. The molecule has 0 heterocycles. The highest BCUT2D eigenvalue weighted by molar-refractivity contribution is 6.48. The topological polar surface area (TPSA) is 82.0 Å². The fraction of sp³-hybridized carbons (Fsp3) is 0. The lowest BCUT2D eigenvalue weighted by molar-refractivity contribution is -0.132. The van der Waals surface area contributed by atoms with Gasteiger partial charge in [-0.15, -0.1) is 0 Å². The number of amides is 1. The third-order valence-corrected chi connectivity index (χ3v) is 3.93. The molecule has 0 aromatic heterocycles. The van der Waals surface area contributed by atoms with E-state index in [4.69, 9.17) is 0 Å². The lowest BCUT2D eigenvalue weighted by Gasteiger charge is -2.14. The molecule has 0 saturated carbocycles. The van der Waals surface area contributed by atoms with Crippen molar-refractivity contribution in [3.05, 3.63) is 102 Å². The van der Waals surface area contributed by atoms with Crippen molar-refractivity contribution in [2.45, 2.75) is 0 Å². The Bertz CT molecular complexity index is 1040. The van der Waals surface area contributed by atoms with Crippen LogP contribution in [0.15, 0.2) is 96.6 Å². The van der Waals surface area contributed by atoms with E-state index in [1.807, 2.05) is 42.5 Å². The molecule has 136 valence electrons. The number of benzene rings is 3. The highest BCUT2D eigenvalue weighted by atomic mass is 16.2. The second-order valence-electron chi connectivity index (χ2n) is 5.87. The molecule has 0 atom stereocenters. The number of nitrogens with zero attached hydrogens (tertiary/aromatic N) is 1. The van der Waals surface area contributed by atoms with Crippen LogP contribution in [0.1, 0.15) is 5.56 Å². The van der Waals surface area contributed by atoms with Gasteiger partial charge >= 0.3 is 0 Å². The van der Waals surface area contributed by atoms with Crippen LogP contribution in [0.5, 0.6) is 0 Å². The van der Waals surface area contributed by atoms with Gasteiger partial charge in [0.2, 0.25) is 0 Å². The van der Waals surface area contributed by atoms with Crippen LogP contribution in [-0.4, -0.2) is 11.7 Å². The molecule has 0 radical (unpaired) electrons. The fourth-order valence-electron chi connectivity index (χ4n) is 2.59. The van der Waals surface area contributed by atoms with Crippen molar-refractivity contribution in [3.8, 4) is 6.07 Å². The summed E-state index contributed by atoms with van der Waals surface area (Å²) in [6.07, 6.45) is 0. The van der Waals surface area contributed by atoms with E-state index in [1.54, 1.807) is 54.6 Å². The number of anilines is 2. The van der Waals surface area contributed by atoms with Crippen molar-refractivity contribution >= 4 is 28.8 Å². The number of carbonyl (C=O) groups is 2. The SMILES string of the molecule is N#C/C(C(=O)C(=O)Nc1ccccc1)=C(\Nc1ccccc1)c1ccccc1. The summed E-state index contributed by atoms with van der Waals surface area (Å²) in [7, 11) is 0. The van der Waals surface area contributed by atoms with E-state index < -0.39 is 11.7 Å². The minimum absolute atomic E-state index is 0.261. The minimum atomic E-state index is -0.909. The molecule has 3 aromatic carbocycles. The second kappa shape index (κ2) is 8.97. The quantitative estimate of drug-likeness (QED) is 0.388. The lowest BCUT2D eigenvalue weighted by Crippen LogP contribution is -2.25. The van der Waals surface area contributed by atoms with Gasteiger partial charge in [-0.3, -0.25) is 9.59 Å². The summed E-state index contributed by atoms with van der Waals surface area (Å²) < 4.78 is 0. The summed E-state index contributed by atoms with van der Waals surface area (Å²) in [4.78, 5) is 25.2. The van der Waals surface area contributed by atoms with Crippen molar-refractivity contribution in [1.82, 2.24) is 0 Å². The Hall–Kier alpha value is -4.17. The van der Waals surface area contributed by atoms with Crippen LogP contribution in [0, 0.1) is 11.3 Å². The zero-order chi connectivity index (χ0) is 19.8. The maximum Gasteiger partial charge on any atom is 0.297 e. The van der Waals surface area contributed by atoms with E-state index in [0.29, 0.717) is 16.9 Å². The van der Waals surface area contributed by atoms with Crippen LogP contribution < -0.4 is 10.6 Å². The summed E-state index contributed by atoms with van der Waals surface area (Å²) in [6.45, 7) is 0. The summed E-state index contributed by atoms with van der Waals surface area (Å²) >= 11 is 0. The number of hydrogen-bond donors (Lipinski definition) is 2. The van der Waals surface area contributed by atoms with Crippen molar-refractivity contribution in [3.63, 3.8) is 0 Å². The molecule has 0 spiro atoms. The highest BCUT2D eigenvalue weighted by Crippen LogP contribution is 2.22. The molecule has 28 heavy (non-hydrogen) atoms. The van der Waals surface area contributed by atoms with E-state index in [0.717, 1.165) is 0 Å². The first kappa shape index (κ1) is 18.6. The summed E-state index contributed by atoms with van der Waals surface area (Å²) in [5.41, 5.74) is 1.83. The zero-order valence-electron chi connectivity index (χ0n) is 14.9. The second-order valence-corrected chi connectivity index (χ2v) is 5.87. The van der Waals surface area contributed by atoms with E-state index in [-0.39, 0.29) is 11.3 Å². The number of nitriles is 1. The van der Waals surface area contributed by atoms with E-state index >= 15 is 0 Å². The third-order valence-electron chi connectivity index (χ3n) is 3.93. The third kappa shape index (κ3) is 4.51. The summed E-state index contributed by atoms with van der Waals surface area (Å²) in [5, 5.41) is 15.3. The molecule has 2 N–H and O–H groups in total.